The van der Waals surface area contributed by atoms with E-state index in [0.29, 0.717) is 0 Å². The summed E-state index contributed by atoms with van der Waals surface area (Å²) in [6.45, 7) is 6.64. The number of nitrogens with zero attached hydrogens (tertiary/aromatic N) is 1. The van der Waals surface area contributed by atoms with Crippen molar-refractivity contribution in [3.63, 3.8) is 0 Å². The maximum absolute atomic E-state index is 3.56. The molecule has 0 amide bonds. The number of benzene rings is 1. The molecule has 1 aliphatic rings. The number of hydrogen-bond donors (Lipinski definition) is 1. The third-order valence-corrected chi connectivity index (χ3v) is 5.04. The van der Waals surface area contributed by atoms with Gasteiger partial charge in [-0.1, -0.05) is 18.2 Å². The first-order valence-electron chi connectivity index (χ1n) is 7.41. The van der Waals surface area contributed by atoms with E-state index in [0.717, 1.165) is 19.6 Å². The Kier molecular flexibility index (Phi) is 4.38. The molecule has 0 atom stereocenters. The Bertz CT molecular complexity index is 562. The molecule has 0 radical (unpaired) electrons. The molecule has 3 heteroatoms. The van der Waals surface area contributed by atoms with Crippen LogP contribution in [-0.2, 0) is 13.0 Å². The first-order valence-corrected chi connectivity index (χ1v) is 8.29. The number of para-hydroxylation sites is 1. The Morgan fingerprint density at radius 1 is 1.25 bits per heavy atom. The number of hydrogen-bond acceptors (Lipinski definition) is 3. The predicted molar refractivity (Wildman–Crippen MR) is 87.7 cm³/mol. The van der Waals surface area contributed by atoms with E-state index in [2.05, 4.69) is 52.9 Å². The molecule has 20 heavy (non-hydrogen) atoms. The van der Waals surface area contributed by atoms with E-state index in [1.165, 1.54) is 41.1 Å². The number of anilines is 1. The van der Waals surface area contributed by atoms with Crippen molar-refractivity contribution in [1.29, 1.82) is 0 Å². The Labute approximate surface area is 125 Å². The number of rotatable bonds is 6. The highest BCUT2D eigenvalue weighted by molar-refractivity contribution is 7.10. The van der Waals surface area contributed by atoms with Gasteiger partial charge in [0, 0.05) is 30.2 Å². The highest BCUT2D eigenvalue weighted by Gasteiger charge is 2.17. The van der Waals surface area contributed by atoms with Gasteiger partial charge in [0.25, 0.3) is 0 Å². The number of fused-ring (bicyclic) bond motifs is 1. The van der Waals surface area contributed by atoms with Gasteiger partial charge in [0.1, 0.15) is 0 Å². The molecule has 2 heterocycles. The van der Waals surface area contributed by atoms with Gasteiger partial charge in [-0.2, -0.15) is 0 Å². The second-order valence-electron chi connectivity index (χ2n) is 5.42. The van der Waals surface area contributed by atoms with E-state index in [-0.39, 0.29) is 0 Å². The molecule has 1 aromatic heterocycles. The van der Waals surface area contributed by atoms with Crippen LogP contribution >= 0.6 is 11.3 Å². The average molecular weight is 286 g/mol. The monoisotopic (exact) mass is 286 g/mol. The molecule has 1 N–H and O–H groups in total. The molecule has 0 saturated heterocycles. The van der Waals surface area contributed by atoms with Crippen LogP contribution < -0.4 is 10.2 Å². The van der Waals surface area contributed by atoms with Crippen LogP contribution in [-0.4, -0.2) is 19.6 Å². The normalized spacial score (nSPS) is 13.8. The van der Waals surface area contributed by atoms with Crippen molar-refractivity contribution in [2.45, 2.75) is 26.3 Å². The highest BCUT2D eigenvalue weighted by atomic mass is 32.1. The molecular formula is C17H22N2S. The molecule has 3 rings (SSSR count). The molecule has 106 valence electrons. The predicted octanol–water partition coefficient (Wildman–Crippen LogP) is 3.60. The summed E-state index contributed by atoms with van der Waals surface area (Å²) in [7, 11) is 0. The van der Waals surface area contributed by atoms with Crippen molar-refractivity contribution in [1.82, 2.24) is 5.32 Å². The molecule has 0 fully saturated rings. The van der Waals surface area contributed by atoms with Crippen LogP contribution in [0.5, 0.6) is 0 Å². The minimum absolute atomic E-state index is 1.01. The van der Waals surface area contributed by atoms with Crippen molar-refractivity contribution < 1.29 is 0 Å². The van der Waals surface area contributed by atoms with Crippen LogP contribution in [0.3, 0.4) is 0 Å². The lowest BCUT2D eigenvalue weighted by Crippen LogP contribution is -2.25. The zero-order chi connectivity index (χ0) is 13.8. The lowest BCUT2D eigenvalue weighted by molar-refractivity contribution is 0.641. The summed E-state index contributed by atoms with van der Waals surface area (Å²) in [5.74, 6) is 0. The third-order valence-electron chi connectivity index (χ3n) is 4.02. The Balaban J connectivity index is 1.40. The fraction of sp³-hybridized carbons (Fsp3) is 0.412. The zero-order valence-corrected chi connectivity index (χ0v) is 12.9. The summed E-state index contributed by atoms with van der Waals surface area (Å²) >= 11 is 1.85. The van der Waals surface area contributed by atoms with Crippen molar-refractivity contribution in [2.24, 2.45) is 0 Å². The molecule has 0 aliphatic carbocycles. The van der Waals surface area contributed by atoms with Crippen LogP contribution in [0.1, 0.15) is 22.4 Å². The minimum Gasteiger partial charge on any atom is -0.371 e. The van der Waals surface area contributed by atoms with Crippen molar-refractivity contribution in [2.75, 3.05) is 24.5 Å². The SMILES string of the molecule is Cc1ccsc1CNCCCN1CCc2ccccc21. The molecule has 0 saturated carbocycles. The van der Waals surface area contributed by atoms with E-state index in [1.807, 2.05) is 11.3 Å². The molecule has 2 aromatic rings. The first kappa shape index (κ1) is 13.7. The van der Waals surface area contributed by atoms with Crippen molar-refractivity contribution in [3.05, 3.63) is 51.7 Å². The van der Waals surface area contributed by atoms with Gasteiger partial charge >= 0.3 is 0 Å². The Morgan fingerprint density at radius 3 is 3.00 bits per heavy atom. The van der Waals surface area contributed by atoms with Crippen LogP contribution in [0.25, 0.3) is 0 Å². The quantitative estimate of drug-likeness (QED) is 0.816. The highest BCUT2D eigenvalue weighted by Crippen LogP contribution is 2.27. The van der Waals surface area contributed by atoms with E-state index in [1.54, 1.807) is 0 Å². The number of nitrogens with one attached hydrogen (secondary N) is 1. The summed E-state index contributed by atoms with van der Waals surface area (Å²) in [6.07, 6.45) is 2.41. The molecule has 1 aliphatic heterocycles. The Hall–Kier alpha value is -1.32. The van der Waals surface area contributed by atoms with Crippen molar-refractivity contribution >= 4 is 17.0 Å². The van der Waals surface area contributed by atoms with Gasteiger partial charge in [0.15, 0.2) is 0 Å². The number of thiophene rings is 1. The summed E-state index contributed by atoms with van der Waals surface area (Å²) in [5.41, 5.74) is 4.37. The van der Waals surface area contributed by atoms with E-state index >= 15 is 0 Å². The molecule has 1 aromatic carbocycles. The first-order chi connectivity index (χ1) is 9.84. The standard InChI is InChI=1S/C17H22N2S/c1-14-8-12-20-17(14)13-18-9-4-10-19-11-7-15-5-2-3-6-16(15)19/h2-3,5-6,8,12,18H,4,7,9-11,13H2,1H3. The lowest BCUT2D eigenvalue weighted by atomic mass is 10.2. The fourth-order valence-corrected chi connectivity index (χ4v) is 3.70. The average Bonchev–Trinajstić information content (AvgIpc) is 3.06. The summed E-state index contributed by atoms with van der Waals surface area (Å²) in [4.78, 5) is 3.99. The molecule has 0 unspecified atom stereocenters. The summed E-state index contributed by atoms with van der Waals surface area (Å²) < 4.78 is 0. The topological polar surface area (TPSA) is 15.3 Å². The van der Waals surface area contributed by atoms with E-state index < -0.39 is 0 Å². The minimum atomic E-state index is 1.01. The van der Waals surface area contributed by atoms with Gasteiger partial charge in [-0.3, -0.25) is 0 Å². The van der Waals surface area contributed by atoms with Gasteiger partial charge in [-0.25, -0.2) is 0 Å². The lowest BCUT2D eigenvalue weighted by Gasteiger charge is -2.19. The van der Waals surface area contributed by atoms with Gasteiger partial charge in [-0.15, -0.1) is 11.3 Å². The van der Waals surface area contributed by atoms with Gasteiger partial charge in [0.2, 0.25) is 0 Å². The Morgan fingerprint density at radius 2 is 2.15 bits per heavy atom. The fourth-order valence-electron chi connectivity index (χ4n) is 2.82. The zero-order valence-electron chi connectivity index (χ0n) is 12.1. The molecule has 0 spiro atoms. The maximum Gasteiger partial charge on any atom is 0.0399 e. The maximum atomic E-state index is 3.56. The second kappa shape index (κ2) is 6.42. The van der Waals surface area contributed by atoms with Crippen LogP contribution in [0.4, 0.5) is 5.69 Å². The third kappa shape index (κ3) is 3.05. The summed E-state index contributed by atoms with van der Waals surface area (Å²) in [6, 6.07) is 11.0. The number of aryl methyl sites for hydroxylation is 1. The largest absolute Gasteiger partial charge is 0.371 e. The smallest absolute Gasteiger partial charge is 0.0399 e. The van der Waals surface area contributed by atoms with E-state index in [9.17, 15) is 0 Å². The second-order valence-corrected chi connectivity index (χ2v) is 6.42. The van der Waals surface area contributed by atoms with Crippen molar-refractivity contribution in [3.8, 4) is 0 Å². The van der Waals surface area contributed by atoms with Crippen LogP contribution in [0.15, 0.2) is 35.7 Å². The molecular weight excluding hydrogens is 264 g/mol. The van der Waals surface area contributed by atoms with Gasteiger partial charge in [-0.05, 0) is 54.9 Å². The van der Waals surface area contributed by atoms with Crippen LogP contribution in [0, 0.1) is 6.92 Å². The molecule has 0 bridgehead atoms. The van der Waals surface area contributed by atoms with Gasteiger partial charge < -0.3 is 10.2 Å². The van der Waals surface area contributed by atoms with Gasteiger partial charge in [0.05, 0.1) is 0 Å². The van der Waals surface area contributed by atoms with E-state index in [4.69, 9.17) is 0 Å². The summed E-state index contributed by atoms with van der Waals surface area (Å²) in [5, 5.41) is 5.73. The molecule has 2 nitrogen and oxygen atoms in total. The van der Waals surface area contributed by atoms with Crippen LogP contribution in [0.2, 0.25) is 0 Å².